The molecule has 0 spiro atoms. The summed E-state index contributed by atoms with van der Waals surface area (Å²) in [5.74, 6) is 0.914. The standard InChI is InChI=1S/C17H22N6O4S2/c1-13-18-21(17(28)22(13)14-2-3-14)12-19-8-10-20(11-9-19)29(26,27)16-6-4-15(5-7-16)23(24)25/h4-7,14H,2-3,8-12H2,1H3. The normalized spacial score (nSPS) is 18.8. The van der Waals surface area contributed by atoms with Crippen LogP contribution in [0.2, 0.25) is 0 Å². The van der Waals surface area contributed by atoms with Crippen LogP contribution >= 0.6 is 12.2 Å². The summed E-state index contributed by atoms with van der Waals surface area (Å²) in [7, 11) is -3.68. The highest BCUT2D eigenvalue weighted by Crippen LogP contribution is 2.36. The van der Waals surface area contributed by atoms with Crippen molar-refractivity contribution < 1.29 is 13.3 Å². The number of piperazine rings is 1. The van der Waals surface area contributed by atoms with Crippen molar-refractivity contribution in [2.45, 2.75) is 37.4 Å². The van der Waals surface area contributed by atoms with Crippen molar-refractivity contribution in [3.63, 3.8) is 0 Å². The summed E-state index contributed by atoms with van der Waals surface area (Å²) in [4.78, 5) is 12.4. The third kappa shape index (κ3) is 3.97. The molecule has 1 aliphatic heterocycles. The number of aryl methyl sites for hydroxylation is 1. The van der Waals surface area contributed by atoms with Gasteiger partial charge in [-0.25, -0.2) is 13.1 Å². The fourth-order valence-corrected chi connectivity index (χ4v) is 5.37. The molecule has 0 radical (unpaired) electrons. The predicted molar refractivity (Wildman–Crippen MR) is 107 cm³/mol. The van der Waals surface area contributed by atoms with Crippen LogP contribution in [0.25, 0.3) is 0 Å². The lowest BCUT2D eigenvalue weighted by molar-refractivity contribution is -0.384. The number of non-ortho nitro benzene ring substituents is 1. The Bertz CT molecular complexity index is 1080. The van der Waals surface area contributed by atoms with Crippen LogP contribution in [0.4, 0.5) is 5.69 Å². The molecule has 12 heteroatoms. The number of rotatable bonds is 6. The topological polar surface area (TPSA) is 107 Å². The fourth-order valence-electron chi connectivity index (χ4n) is 3.56. The van der Waals surface area contributed by atoms with E-state index in [9.17, 15) is 18.5 Å². The number of benzene rings is 1. The summed E-state index contributed by atoms with van der Waals surface area (Å²) >= 11 is 5.56. The minimum absolute atomic E-state index is 0.0672. The first-order chi connectivity index (χ1) is 13.8. The zero-order valence-electron chi connectivity index (χ0n) is 16.0. The monoisotopic (exact) mass is 438 g/mol. The van der Waals surface area contributed by atoms with Gasteiger partial charge in [0.2, 0.25) is 10.0 Å². The van der Waals surface area contributed by atoms with Gasteiger partial charge >= 0.3 is 0 Å². The number of hydrogen-bond donors (Lipinski definition) is 0. The van der Waals surface area contributed by atoms with Gasteiger partial charge in [-0.2, -0.15) is 9.40 Å². The molecule has 1 aromatic carbocycles. The largest absolute Gasteiger partial charge is 0.301 e. The third-order valence-corrected chi connectivity index (χ3v) is 7.62. The van der Waals surface area contributed by atoms with Crippen molar-refractivity contribution in [1.29, 1.82) is 0 Å². The Labute approximate surface area is 173 Å². The maximum Gasteiger partial charge on any atom is 0.269 e. The van der Waals surface area contributed by atoms with E-state index in [2.05, 4.69) is 14.6 Å². The fraction of sp³-hybridized carbons (Fsp3) is 0.529. The first-order valence-electron chi connectivity index (χ1n) is 9.40. The van der Waals surface area contributed by atoms with Gasteiger partial charge in [-0.15, -0.1) is 0 Å². The summed E-state index contributed by atoms with van der Waals surface area (Å²) in [6.07, 6.45) is 2.28. The molecule has 156 valence electrons. The molecule has 2 aromatic rings. The average molecular weight is 439 g/mol. The molecular formula is C17H22N6O4S2. The second-order valence-electron chi connectivity index (χ2n) is 7.35. The van der Waals surface area contributed by atoms with E-state index in [0.29, 0.717) is 43.7 Å². The number of hydrogen-bond acceptors (Lipinski definition) is 7. The maximum atomic E-state index is 12.8. The Morgan fingerprint density at radius 2 is 1.79 bits per heavy atom. The number of nitrogens with zero attached hydrogens (tertiary/aromatic N) is 6. The van der Waals surface area contributed by atoms with Gasteiger partial charge in [-0.3, -0.25) is 15.0 Å². The summed E-state index contributed by atoms with van der Waals surface area (Å²) < 4.78 is 31.7. The van der Waals surface area contributed by atoms with Gasteiger partial charge in [0.15, 0.2) is 4.77 Å². The lowest BCUT2D eigenvalue weighted by atomic mass is 10.3. The molecule has 0 unspecified atom stereocenters. The summed E-state index contributed by atoms with van der Waals surface area (Å²) in [6, 6.07) is 5.46. The Morgan fingerprint density at radius 3 is 2.34 bits per heavy atom. The van der Waals surface area contributed by atoms with Gasteiger partial charge in [0, 0.05) is 44.4 Å². The minimum atomic E-state index is -3.68. The van der Waals surface area contributed by atoms with Crippen LogP contribution in [0.15, 0.2) is 29.2 Å². The molecule has 2 aliphatic rings. The molecule has 1 saturated heterocycles. The van der Waals surface area contributed by atoms with Gasteiger partial charge in [-0.1, -0.05) is 0 Å². The molecule has 0 amide bonds. The van der Waals surface area contributed by atoms with Crippen LogP contribution in [-0.4, -0.2) is 63.1 Å². The van der Waals surface area contributed by atoms with Crippen LogP contribution < -0.4 is 0 Å². The van der Waals surface area contributed by atoms with Gasteiger partial charge in [-0.05, 0) is 44.1 Å². The molecule has 0 atom stereocenters. The van der Waals surface area contributed by atoms with Gasteiger partial charge < -0.3 is 4.57 Å². The van der Waals surface area contributed by atoms with Crippen LogP contribution in [0.3, 0.4) is 0 Å². The first-order valence-corrected chi connectivity index (χ1v) is 11.2. The summed E-state index contributed by atoms with van der Waals surface area (Å²) in [5.41, 5.74) is -0.133. The molecule has 4 rings (SSSR count). The van der Waals surface area contributed by atoms with E-state index in [1.807, 2.05) is 11.6 Å². The lowest BCUT2D eigenvalue weighted by Gasteiger charge is -2.33. The summed E-state index contributed by atoms with van der Waals surface area (Å²) in [5, 5.41) is 15.3. The van der Waals surface area contributed by atoms with E-state index < -0.39 is 14.9 Å². The van der Waals surface area contributed by atoms with E-state index in [-0.39, 0.29) is 10.6 Å². The smallest absolute Gasteiger partial charge is 0.269 e. The van der Waals surface area contributed by atoms with Gasteiger partial charge in [0.05, 0.1) is 16.5 Å². The van der Waals surface area contributed by atoms with E-state index in [1.165, 1.54) is 28.6 Å². The quantitative estimate of drug-likeness (QED) is 0.385. The van der Waals surface area contributed by atoms with Gasteiger partial charge in [0.1, 0.15) is 5.82 Å². The first kappa shape index (κ1) is 20.1. The highest BCUT2D eigenvalue weighted by Gasteiger charge is 2.30. The molecular weight excluding hydrogens is 416 g/mol. The Kier molecular flexibility index (Phi) is 5.27. The van der Waals surface area contributed by atoms with E-state index in [4.69, 9.17) is 12.2 Å². The Balaban J connectivity index is 1.41. The Hall–Kier alpha value is -2.15. The van der Waals surface area contributed by atoms with Crippen LogP contribution in [0.1, 0.15) is 24.7 Å². The van der Waals surface area contributed by atoms with Crippen molar-refractivity contribution in [3.05, 3.63) is 45.0 Å². The molecule has 1 aromatic heterocycles. The van der Waals surface area contributed by atoms with E-state index >= 15 is 0 Å². The third-order valence-electron chi connectivity index (χ3n) is 5.30. The zero-order valence-corrected chi connectivity index (χ0v) is 17.6. The van der Waals surface area contributed by atoms with E-state index in [0.717, 1.165) is 18.7 Å². The SMILES string of the molecule is Cc1nn(CN2CCN(S(=O)(=O)c3ccc([N+](=O)[O-])cc3)CC2)c(=S)n1C1CC1. The molecule has 2 fully saturated rings. The highest BCUT2D eigenvalue weighted by atomic mass is 32.2. The van der Waals surface area contributed by atoms with Crippen LogP contribution in [0.5, 0.6) is 0 Å². The Morgan fingerprint density at radius 1 is 1.17 bits per heavy atom. The molecule has 29 heavy (non-hydrogen) atoms. The maximum absolute atomic E-state index is 12.8. The van der Waals surface area contributed by atoms with Crippen LogP contribution in [-0.2, 0) is 16.7 Å². The van der Waals surface area contributed by atoms with Gasteiger partial charge in [0.25, 0.3) is 5.69 Å². The molecule has 0 N–H and O–H groups in total. The van der Waals surface area contributed by atoms with Crippen molar-refractivity contribution >= 4 is 27.9 Å². The number of aromatic nitrogens is 3. The molecule has 1 aliphatic carbocycles. The molecule has 10 nitrogen and oxygen atoms in total. The lowest BCUT2D eigenvalue weighted by Crippen LogP contribution is -2.48. The predicted octanol–water partition coefficient (Wildman–Crippen LogP) is 1.93. The minimum Gasteiger partial charge on any atom is -0.301 e. The second kappa shape index (κ2) is 7.59. The number of nitro benzene ring substituents is 1. The molecule has 0 bridgehead atoms. The van der Waals surface area contributed by atoms with Crippen molar-refractivity contribution in [1.82, 2.24) is 23.6 Å². The van der Waals surface area contributed by atoms with Crippen molar-refractivity contribution in [3.8, 4) is 0 Å². The summed E-state index contributed by atoms with van der Waals surface area (Å²) in [6.45, 7) is 4.29. The second-order valence-corrected chi connectivity index (χ2v) is 9.65. The molecule has 1 saturated carbocycles. The average Bonchev–Trinajstić information content (AvgIpc) is 3.48. The van der Waals surface area contributed by atoms with Crippen molar-refractivity contribution in [2.24, 2.45) is 0 Å². The number of nitro groups is 1. The highest BCUT2D eigenvalue weighted by molar-refractivity contribution is 7.89. The zero-order chi connectivity index (χ0) is 20.8. The number of sulfonamides is 1. The van der Waals surface area contributed by atoms with Crippen LogP contribution in [0, 0.1) is 21.8 Å². The molecule has 2 heterocycles. The van der Waals surface area contributed by atoms with E-state index in [1.54, 1.807) is 0 Å². The van der Waals surface area contributed by atoms with Crippen molar-refractivity contribution in [2.75, 3.05) is 26.2 Å².